The highest BCUT2D eigenvalue weighted by atomic mass is 16.5. The van der Waals surface area contributed by atoms with Crippen molar-refractivity contribution in [2.24, 2.45) is 0 Å². The van der Waals surface area contributed by atoms with Gasteiger partial charge in [0.05, 0.1) is 6.20 Å². The van der Waals surface area contributed by atoms with Gasteiger partial charge in [-0.25, -0.2) is 4.79 Å². The largest absolute Gasteiger partial charge is 0.443 e. The lowest BCUT2D eigenvalue weighted by molar-refractivity contribution is 0.0427. The SMILES string of the molecule is Cc1cn[nH]c1C(=O)OC(C)C#N. The molecule has 1 heterocycles. The van der Waals surface area contributed by atoms with Crippen LogP contribution in [0.1, 0.15) is 23.0 Å². The molecule has 1 aromatic heterocycles. The summed E-state index contributed by atoms with van der Waals surface area (Å²) in [7, 11) is 0. The molecule has 5 heteroatoms. The summed E-state index contributed by atoms with van der Waals surface area (Å²) < 4.78 is 4.75. The Balaban J connectivity index is 2.71. The number of carbonyl (C=O) groups excluding carboxylic acids is 1. The zero-order valence-electron chi connectivity index (χ0n) is 7.37. The van der Waals surface area contributed by atoms with Gasteiger partial charge in [-0.15, -0.1) is 0 Å². The second-order valence-electron chi connectivity index (χ2n) is 2.60. The van der Waals surface area contributed by atoms with Crippen molar-refractivity contribution in [1.82, 2.24) is 10.2 Å². The third-order valence-corrected chi connectivity index (χ3v) is 1.50. The number of rotatable bonds is 2. The summed E-state index contributed by atoms with van der Waals surface area (Å²) in [6.07, 6.45) is 0.781. The molecule has 0 radical (unpaired) electrons. The number of aryl methyl sites for hydroxylation is 1. The predicted octanol–water partition coefficient (Wildman–Crippen LogP) is 0.787. The lowest BCUT2D eigenvalue weighted by Crippen LogP contribution is -2.14. The van der Waals surface area contributed by atoms with Crippen LogP contribution >= 0.6 is 0 Å². The van der Waals surface area contributed by atoms with Crippen LogP contribution in [0, 0.1) is 18.3 Å². The fraction of sp³-hybridized carbons (Fsp3) is 0.375. The maximum absolute atomic E-state index is 11.3. The molecule has 0 aliphatic heterocycles. The van der Waals surface area contributed by atoms with E-state index in [4.69, 9.17) is 10.00 Å². The molecule has 1 atom stereocenters. The van der Waals surface area contributed by atoms with E-state index in [1.54, 1.807) is 13.0 Å². The van der Waals surface area contributed by atoms with Crippen LogP contribution in [0.3, 0.4) is 0 Å². The van der Waals surface area contributed by atoms with Crippen molar-refractivity contribution in [1.29, 1.82) is 5.26 Å². The number of aromatic nitrogens is 2. The van der Waals surface area contributed by atoms with Crippen LogP contribution in [0.15, 0.2) is 6.20 Å². The second-order valence-corrected chi connectivity index (χ2v) is 2.60. The molecule has 1 unspecified atom stereocenters. The van der Waals surface area contributed by atoms with E-state index in [-0.39, 0.29) is 0 Å². The molecule has 0 spiro atoms. The predicted molar refractivity (Wildman–Crippen MR) is 43.8 cm³/mol. The fourth-order valence-electron chi connectivity index (χ4n) is 0.799. The number of carbonyl (C=O) groups is 1. The summed E-state index contributed by atoms with van der Waals surface area (Å²) in [4.78, 5) is 11.3. The van der Waals surface area contributed by atoms with Gasteiger partial charge in [0.25, 0.3) is 0 Å². The van der Waals surface area contributed by atoms with Gasteiger partial charge in [0.1, 0.15) is 11.8 Å². The first-order valence-corrected chi connectivity index (χ1v) is 3.75. The van der Waals surface area contributed by atoms with Gasteiger partial charge in [-0.05, 0) is 13.8 Å². The maximum Gasteiger partial charge on any atom is 0.357 e. The van der Waals surface area contributed by atoms with Crippen LogP contribution in [0.4, 0.5) is 0 Å². The van der Waals surface area contributed by atoms with E-state index in [1.165, 1.54) is 13.1 Å². The summed E-state index contributed by atoms with van der Waals surface area (Å²) in [5.74, 6) is -0.552. The third kappa shape index (κ3) is 2.06. The average molecular weight is 179 g/mol. The third-order valence-electron chi connectivity index (χ3n) is 1.50. The second kappa shape index (κ2) is 3.72. The molecular weight excluding hydrogens is 170 g/mol. The van der Waals surface area contributed by atoms with Crippen molar-refractivity contribution in [3.05, 3.63) is 17.5 Å². The first-order valence-electron chi connectivity index (χ1n) is 3.75. The van der Waals surface area contributed by atoms with Crippen LogP contribution in [-0.2, 0) is 4.74 Å². The lowest BCUT2D eigenvalue weighted by atomic mass is 10.3. The van der Waals surface area contributed by atoms with Crippen molar-refractivity contribution in [3.8, 4) is 6.07 Å². The molecule has 5 nitrogen and oxygen atoms in total. The molecule has 1 N–H and O–H groups in total. The highest BCUT2D eigenvalue weighted by molar-refractivity contribution is 5.88. The number of hydrogen-bond acceptors (Lipinski definition) is 4. The van der Waals surface area contributed by atoms with Crippen molar-refractivity contribution in [2.75, 3.05) is 0 Å². The molecule has 0 amide bonds. The van der Waals surface area contributed by atoms with Crippen LogP contribution in [-0.4, -0.2) is 22.3 Å². The van der Waals surface area contributed by atoms with Crippen LogP contribution < -0.4 is 0 Å². The van der Waals surface area contributed by atoms with Gasteiger partial charge in [0.2, 0.25) is 0 Å². The number of nitrogens with zero attached hydrogens (tertiary/aromatic N) is 2. The molecule has 0 saturated carbocycles. The number of nitriles is 1. The fourth-order valence-corrected chi connectivity index (χ4v) is 0.799. The molecular formula is C8H9N3O2. The van der Waals surface area contributed by atoms with Crippen LogP contribution in [0.25, 0.3) is 0 Å². The first-order chi connectivity index (χ1) is 6.15. The molecule has 0 aromatic carbocycles. The number of nitrogens with one attached hydrogen (secondary N) is 1. The number of H-pyrrole nitrogens is 1. The Bertz CT molecular complexity index is 351. The van der Waals surface area contributed by atoms with E-state index in [1.807, 2.05) is 0 Å². The quantitative estimate of drug-likeness (QED) is 0.680. The Kier molecular flexibility index (Phi) is 2.65. The summed E-state index contributed by atoms with van der Waals surface area (Å²) in [6.45, 7) is 3.24. The van der Waals surface area contributed by atoms with Gasteiger partial charge in [0.15, 0.2) is 6.10 Å². The number of esters is 1. The van der Waals surface area contributed by atoms with Gasteiger partial charge in [-0.2, -0.15) is 10.4 Å². The van der Waals surface area contributed by atoms with E-state index in [9.17, 15) is 4.79 Å². The minimum atomic E-state index is -0.741. The summed E-state index contributed by atoms with van der Waals surface area (Å²) in [5, 5.41) is 14.6. The topological polar surface area (TPSA) is 78.8 Å². The van der Waals surface area contributed by atoms with Gasteiger partial charge >= 0.3 is 5.97 Å². The molecule has 68 valence electrons. The summed E-state index contributed by atoms with van der Waals surface area (Å²) in [6, 6.07) is 1.80. The molecule has 0 fully saturated rings. The smallest absolute Gasteiger partial charge is 0.357 e. The maximum atomic E-state index is 11.3. The average Bonchev–Trinajstić information content (AvgIpc) is 2.51. The van der Waals surface area contributed by atoms with E-state index in [2.05, 4.69) is 10.2 Å². The Hall–Kier alpha value is -1.83. The highest BCUT2D eigenvalue weighted by Gasteiger charge is 2.14. The van der Waals surface area contributed by atoms with E-state index >= 15 is 0 Å². The normalized spacial score (nSPS) is 11.8. The Morgan fingerprint density at radius 2 is 2.54 bits per heavy atom. The minimum absolute atomic E-state index is 0.294. The monoisotopic (exact) mass is 179 g/mol. The molecule has 1 rings (SSSR count). The van der Waals surface area contributed by atoms with Gasteiger partial charge < -0.3 is 4.74 Å². The lowest BCUT2D eigenvalue weighted by Gasteiger charge is -2.03. The van der Waals surface area contributed by atoms with Crippen molar-refractivity contribution >= 4 is 5.97 Å². The van der Waals surface area contributed by atoms with Gasteiger partial charge in [0, 0.05) is 5.56 Å². The summed E-state index contributed by atoms with van der Waals surface area (Å²) >= 11 is 0. The Labute approximate surface area is 75.3 Å². The van der Waals surface area contributed by atoms with Crippen LogP contribution in [0.2, 0.25) is 0 Å². The molecule has 0 bridgehead atoms. The zero-order chi connectivity index (χ0) is 9.84. The number of hydrogen-bond donors (Lipinski definition) is 1. The van der Waals surface area contributed by atoms with Crippen molar-refractivity contribution in [2.45, 2.75) is 20.0 Å². The first kappa shape index (κ1) is 9.26. The number of aromatic amines is 1. The van der Waals surface area contributed by atoms with E-state index < -0.39 is 12.1 Å². The minimum Gasteiger partial charge on any atom is -0.443 e. The van der Waals surface area contributed by atoms with Gasteiger partial charge in [-0.1, -0.05) is 0 Å². The number of ether oxygens (including phenoxy) is 1. The molecule has 0 aliphatic carbocycles. The van der Waals surface area contributed by atoms with Crippen molar-refractivity contribution in [3.63, 3.8) is 0 Å². The molecule has 0 aliphatic rings. The van der Waals surface area contributed by atoms with E-state index in [0.29, 0.717) is 11.3 Å². The van der Waals surface area contributed by atoms with E-state index in [0.717, 1.165) is 0 Å². The molecule has 1 aromatic rings. The summed E-state index contributed by atoms with van der Waals surface area (Å²) in [5.41, 5.74) is 0.997. The standard InChI is InChI=1S/C8H9N3O2/c1-5-4-10-11-7(5)8(12)13-6(2)3-9/h4,6H,1-2H3,(H,10,11). The Morgan fingerprint density at radius 3 is 3.00 bits per heavy atom. The van der Waals surface area contributed by atoms with Crippen molar-refractivity contribution < 1.29 is 9.53 Å². The molecule has 13 heavy (non-hydrogen) atoms. The highest BCUT2D eigenvalue weighted by Crippen LogP contribution is 2.05. The Morgan fingerprint density at radius 1 is 1.85 bits per heavy atom. The zero-order valence-corrected chi connectivity index (χ0v) is 7.37. The van der Waals surface area contributed by atoms with Gasteiger partial charge in [-0.3, -0.25) is 5.10 Å². The molecule has 0 saturated heterocycles. The van der Waals surface area contributed by atoms with Crippen LogP contribution in [0.5, 0.6) is 0 Å².